The Bertz CT molecular complexity index is 840. The van der Waals surface area contributed by atoms with E-state index in [0.717, 1.165) is 24.0 Å². The molecule has 0 saturated heterocycles. The van der Waals surface area contributed by atoms with Crippen molar-refractivity contribution < 1.29 is 4.79 Å². The highest BCUT2D eigenvalue weighted by Gasteiger charge is 2.50. The van der Waals surface area contributed by atoms with Crippen molar-refractivity contribution in [1.82, 2.24) is 25.5 Å². The van der Waals surface area contributed by atoms with E-state index in [2.05, 4.69) is 25.5 Å². The molecule has 0 unspecified atom stereocenters. The van der Waals surface area contributed by atoms with Crippen molar-refractivity contribution in [3.05, 3.63) is 66.2 Å². The van der Waals surface area contributed by atoms with Gasteiger partial charge in [-0.15, -0.1) is 0 Å². The number of aromatic nitrogens is 4. The van der Waals surface area contributed by atoms with E-state index in [1.54, 1.807) is 12.4 Å². The highest BCUT2D eigenvalue weighted by atomic mass is 16.2. The molecule has 0 spiro atoms. The maximum Gasteiger partial charge on any atom is 0.231 e. The summed E-state index contributed by atoms with van der Waals surface area (Å²) >= 11 is 0. The minimum absolute atomic E-state index is 0.0491. The first-order valence-electron chi connectivity index (χ1n) is 7.93. The number of amides is 1. The van der Waals surface area contributed by atoms with Crippen molar-refractivity contribution >= 4 is 5.91 Å². The number of benzene rings is 1. The van der Waals surface area contributed by atoms with Gasteiger partial charge in [-0.2, -0.15) is 5.10 Å². The van der Waals surface area contributed by atoms with Crippen LogP contribution in [0, 0.1) is 0 Å². The second-order valence-electron chi connectivity index (χ2n) is 5.98. The number of nitrogens with one attached hydrogen (secondary N) is 2. The molecule has 1 aliphatic rings. The minimum Gasteiger partial charge on any atom is -0.348 e. The molecule has 1 fully saturated rings. The Kier molecular flexibility index (Phi) is 3.57. The third-order valence-electron chi connectivity index (χ3n) is 4.38. The summed E-state index contributed by atoms with van der Waals surface area (Å²) in [7, 11) is 0. The van der Waals surface area contributed by atoms with Crippen molar-refractivity contribution in [3.8, 4) is 11.4 Å². The largest absolute Gasteiger partial charge is 0.348 e. The molecule has 0 atom stereocenters. The Morgan fingerprint density at radius 1 is 1.17 bits per heavy atom. The van der Waals surface area contributed by atoms with Crippen LogP contribution in [0.15, 0.2) is 54.9 Å². The van der Waals surface area contributed by atoms with Gasteiger partial charge in [0.2, 0.25) is 5.91 Å². The maximum atomic E-state index is 12.6. The second kappa shape index (κ2) is 5.88. The van der Waals surface area contributed by atoms with Crippen LogP contribution in [0.4, 0.5) is 0 Å². The summed E-state index contributed by atoms with van der Waals surface area (Å²) in [5.41, 5.74) is 1.55. The van der Waals surface area contributed by atoms with Crippen LogP contribution in [0.3, 0.4) is 0 Å². The fourth-order valence-corrected chi connectivity index (χ4v) is 2.86. The number of pyridine rings is 1. The molecular weight excluding hydrogens is 302 g/mol. The lowest BCUT2D eigenvalue weighted by atomic mass is 9.95. The molecule has 2 N–H and O–H groups in total. The zero-order chi connectivity index (χ0) is 16.4. The third kappa shape index (κ3) is 2.67. The Labute approximate surface area is 139 Å². The zero-order valence-corrected chi connectivity index (χ0v) is 13.1. The summed E-state index contributed by atoms with van der Waals surface area (Å²) < 4.78 is 0. The van der Waals surface area contributed by atoms with Crippen LogP contribution in [-0.4, -0.2) is 26.1 Å². The van der Waals surface area contributed by atoms with E-state index in [-0.39, 0.29) is 11.3 Å². The van der Waals surface area contributed by atoms with Crippen LogP contribution < -0.4 is 5.32 Å². The van der Waals surface area contributed by atoms with Crippen LogP contribution in [0.25, 0.3) is 11.4 Å². The number of nitrogens with zero attached hydrogens (tertiary/aromatic N) is 3. The van der Waals surface area contributed by atoms with Crippen LogP contribution in [0.2, 0.25) is 0 Å². The van der Waals surface area contributed by atoms with Gasteiger partial charge >= 0.3 is 0 Å². The van der Waals surface area contributed by atoms with Gasteiger partial charge in [0.25, 0.3) is 0 Å². The Hall–Kier alpha value is -3.02. The number of carbonyl (C=O) groups is 1. The molecule has 6 heteroatoms. The molecule has 0 bridgehead atoms. The predicted octanol–water partition coefficient (Wildman–Crippen LogP) is 2.21. The number of hydrogen-bond acceptors (Lipinski definition) is 4. The molecular formula is C18H17N5O. The van der Waals surface area contributed by atoms with Gasteiger partial charge < -0.3 is 5.32 Å². The summed E-state index contributed by atoms with van der Waals surface area (Å²) in [6, 6.07) is 13.7. The molecule has 6 nitrogen and oxygen atoms in total. The Morgan fingerprint density at radius 2 is 2.00 bits per heavy atom. The van der Waals surface area contributed by atoms with E-state index in [0.29, 0.717) is 18.2 Å². The van der Waals surface area contributed by atoms with Gasteiger partial charge in [-0.1, -0.05) is 30.3 Å². The van der Waals surface area contributed by atoms with Crippen molar-refractivity contribution in [3.63, 3.8) is 0 Å². The molecule has 0 aliphatic heterocycles. The number of hydrogen-bond donors (Lipinski definition) is 2. The first-order chi connectivity index (χ1) is 11.8. The zero-order valence-electron chi connectivity index (χ0n) is 13.1. The molecule has 1 aliphatic carbocycles. The molecule has 1 aromatic carbocycles. The van der Waals surface area contributed by atoms with Crippen molar-refractivity contribution in [1.29, 1.82) is 0 Å². The fraction of sp³-hybridized carbons (Fsp3) is 0.222. The average Bonchev–Trinajstić information content (AvgIpc) is 3.33. The quantitative estimate of drug-likeness (QED) is 0.755. The summed E-state index contributed by atoms with van der Waals surface area (Å²) in [5, 5.41) is 10.0. The molecule has 2 heterocycles. The van der Waals surface area contributed by atoms with E-state index in [4.69, 9.17) is 0 Å². The third-order valence-corrected chi connectivity index (χ3v) is 4.38. The van der Waals surface area contributed by atoms with Gasteiger partial charge in [0.05, 0.1) is 12.0 Å². The number of rotatable bonds is 5. The summed E-state index contributed by atoms with van der Waals surface area (Å²) in [4.78, 5) is 21.1. The first kappa shape index (κ1) is 14.6. The standard InChI is InChI=1S/C18H17N5O/c24-17(18(8-9-18)14-6-2-1-3-7-14)20-12-15-21-16(23-22-15)13-5-4-10-19-11-13/h1-7,10-11H,8-9,12H2,(H,20,24)(H,21,22,23). The Morgan fingerprint density at radius 3 is 2.71 bits per heavy atom. The van der Waals surface area contributed by atoms with Gasteiger partial charge in [0, 0.05) is 18.0 Å². The molecule has 1 saturated carbocycles. The maximum absolute atomic E-state index is 12.6. The van der Waals surface area contributed by atoms with Gasteiger partial charge in [-0.3, -0.25) is 14.9 Å². The van der Waals surface area contributed by atoms with E-state index in [1.807, 2.05) is 42.5 Å². The van der Waals surface area contributed by atoms with Crippen LogP contribution in [0.5, 0.6) is 0 Å². The number of carbonyl (C=O) groups excluding carboxylic acids is 1. The molecule has 1 amide bonds. The molecule has 3 aromatic rings. The highest BCUT2D eigenvalue weighted by Crippen LogP contribution is 2.48. The highest BCUT2D eigenvalue weighted by molar-refractivity contribution is 5.91. The number of aromatic amines is 1. The van der Waals surface area contributed by atoms with Gasteiger partial charge in [-0.25, -0.2) is 4.98 Å². The van der Waals surface area contributed by atoms with Crippen molar-refractivity contribution in [2.75, 3.05) is 0 Å². The fourth-order valence-electron chi connectivity index (χ4n) is 2.86. The van der Waals surface area contributed by atoms with Crippen molar-refractivity contribution in [2.24, 2.45) is 0 Å². The molecule has 24 heavy (non-hydrogen) atoms. The van der Waals surface area contributed by atoms with Crippen molar-refractivity contribution in [2.45, 2.75) is 24.8 Å². The predicted molar refractivity (Wildman–Crippen MR) is 88.8 cm³/mol. The molecule has 2 aromatic heterocycles. The Balaban J connectivity index is 1.43. The van der Waals surface area contributed by atoms with E-state index >= 15 is 0 Å². The summed E-state index contributed by atoms with van der Waals surface area (Å²) in [6.07, 6.45) is 5.19. The topological polar surface area (TPSA) is 83.6 Å². The van der Waals surface area contributed by atoms with E-state index < -0.39 is 0 Å². The monoisotopic (exact) mass is 319 g/mol. The summed E-state index contributed by atoms with van der Waals surface area (Å²) in [5.74, 6) is 1.26. The molecule has 4 rings (SSSR count). The minimum atomic E-state index is -0.368. The lowest BCUT2D eigenvalue weighted by Gasteiger charge is -2.14. The van der Waals surface area contributed by atoms with Crippen LogP contribution >= 0.6 is 0 Å². The molecule has 0 radical (unpaired) electrons. The second-order valence-corrected chi connectivity index (χ2v) is 5.98. The average molecular weight is 319 g/mol. The van der Waals surface area contributed by atoms with E-state index in [9.17, 15) is 4.79 Å². The van der Waals surface area contributed by atoms with Gasteiger partial charge in [-0.05, 0) is 30.5 Å². The SMILES string of the molecule is O=C(NCc1nc(-c2cccnc2)n[nH]1)C1(c2ccccc2)CC1. The lowest BCUT2D eigenvalue weighted by Crippen LogP contribution is -2.34. The van der Waals surface area contributed by atoms with Crippen LogP contribution in [0.1, 0.15) is 24.2 Å². The normalized spacial score (nSPS) is 15.0. The van der Waals surface area contributed by atoms with Gasteiger partial charge in [0.15, 0.2) is 5.82 Å². The lowest BCUT2D eigenvalue weighted by molar-refractivity contribution is -0.123. The van der Waals surface area contributed by atoms with Crippen LogP contribution in [-0.2, 0) is 16.8 Å². The summed E-state index contributed by atoms with van der Waals surface area (Å²) in [6.45, 7) is 0.334. The first-order valence-corrected chi connectivity index (χ1v) is 7.93. The molecule has 120 valence electrons. The van der Waals surface area contributed by atoms with E-state index in [1.165, 1.54) is 0 Å². The number of H-pyrrole nitrogens is 1. The van der Waals surface area contributed by atoms with Gasteiger partial charge in [0.1, 0.15) is 5.82 Å². The smallest absolute Gasteiger partial charge is 0.231 e.